The third-order valence-corrected chi connectivity index (χ3v) is 8.57. The predicted octanol–water partition coefficient (Wildman–Crippen LogP) is 9.45. The van der Waals surface area contributed by atoms with Crippen molar-refractivity contribution in [2.45, 2.75) is 25.9 Å². The Balaban J connectivity index is 0.000000215. The van der Waals surface area contributed by atoms with Gasteiger partial charge in [-0.3, -0.25) is 0 Å². The second-order valence-corrected chi connectivity index (χ2v) is 13.5. The maximum atomic E-state index is 12.6. The molecule has 0 radical (unpaired) electrons. The number of carbonyl (C=O) groups excluding carboxylic acids is 1. The van der Waals surface area contributed by atoms with Crippen LogP contribution in [0.15, 0.2) is 146 Å². The van der Waals surface area contributed by atoms with Gasteiger partial charge in [-0.1, -0.05) is 72.8 Å². The number of benzene rings is 6. The van der Waals surface area contributed by atoms with Crippen LogP contribution < -0.4 is 24.4 Å². The first-order valence-corrected chi connectivity index (χ1v) is 18.7. The molecule has 0 heterocycles. The summed E-state index contributed by atoms with van der Waals surface area (Å²) in [5.74, 6) is -0.950. The van der Waals surface area contributed by atoms with Crippen LogP contribution in [0, 0.1) is 3.57 Å². The average Bonchev–Trinajstić information content (AvgIpc) is 3.22. The number of para-hydroxylation sites is 2. The standard InChI is InChI=1S/C21H15F3O4.C15H13IO3.C7H6BF3O3/c22-21(23,24)28-19-7-2-1-6-18(19)15-8-10-17(11-9-15)27-13-14-4-3-5-16(12-14)20(25)26;1-18-15(17)12-4-2-3-11(9-12)10-19-14-7-5-13(16)6-8-14;9-7(10,11)14-6-4-2-1-3-5(6)8(12)13/h1-12H,13H2,(H,25,26);2-9H,10H2,1H3;1-4,12-13H. The van der Waals surface area contributed by atoms with E-state index in [0.29, 0.717) is 34.6 Å². The molecule has 0 saturated carbocycles. The lowest BCUT2D eigenvalue weighted by atomic mass is 9.80. The zero-order chi connectivity index (χ0) is 44.6. The highest BCUT2D eigenvalue weighted by atomic mass is 127. The fourth-order valence-corrected chi connectivity index (χ4v) is 5.48. The highest BCUT2D eigenvalue weighted by Crippen LogP contribution is 2.34. The van der Waals surface area contributed by atoms with Crippen molar-refractivity contribution >= 4 is 47.1 Å². The van der Waals surface area contributed by atoms with Gasteiger partial charge in [0.2, 0.25) is 0 Å². The van der Waals surface area contributed by atoms with E-state index < -0.39 is 31.6 Å². The third kappa shape index (κ3) is 16.4. The molecule has 3 N–H and O–H groups in total. The molecule has 0 fully saturated rings. The van der Waals surface area contributed by atoms with Gasteiger partial charge in [0.1, 0.15) is 36.2 Å². The van der Waals surface area contributed by atoms with E-state index in [0.717, 1.165) is 27.0 Å². The lowest BCUT2D eigenvalue weighted by Crippen LogP contribution is -2.33. The molecule has 0 aromatic heterocycles. The van der Waals surface area contributed by atoms with Gasteiger partial charge in [0.15, 0.2) is 0 Å². The van der Waals surface area contributed by atoms with Crippen molar-refractivity contribution in [2.75, 3.05) is 7.11 Å². The van der Waals surface area contributed by atoms with Crippen molar-refractivity contribution in [3.8, 4) is 34.1 Å². The maximum absolute atomic E-state index is 12.6. The van der Waals surface area contributed by atoms with Gasteiger partial charge in [0, 0.05) is 14.6 Å². The lowest BCUT2D eigenvalue weighted by molar-refractivity contribution is -0.275. The maximum Gasteiger partial charge on any atom is 0.573 e. The molecule has 0 unspecified atom stereocenters. The van der Waals surface area contributed by atoms with Crippen molar-refractivity contribution in [2.24, 2.45) is 0 Å². The first-order valence-electron chi connectivity index (χ1n) is 17.6. The van der Waals surface area contributed by atoms with Crippen LogP contribution in [0.4, 0.5) is 26.3 Å². The van der Waals surface area contributed by atoms with E-state index in [1.807, 2.05) is 36.4 Å². The van der Waals surface area contributed by atoms with Crippen LogP contribution in [-0.4, -0.2) is 54.0 Å². The van der Waals surface area contributed by atoms with E-state index >= 15 is 0 Å². The minimum absolute atomic E-state index is 0.161. The summed E-state index contributed by atoms with van der Waals surface area (Å²) >= 11 is 2.25. The topological polar surface area (TPSA) is 141 Å². The summed E-state index contributed by atoms with van der Waals surface area (Å²) in [6.45, 7) is 0.583. The Bertz CT molecular complexity index is 2340. The summed E-state index contributed by atoms with van der Waals surface area (Å²) in [5.41, 5.74) is 2.84. The van der Waals surface area contributed by atoms with Gasteiger partial charge in [-0.25, -0.2) is 9.59 Å². The van der Waals surface area contributed by atoms with Crippen LogP contribution in [-0.2, 0) is 18.0 Å². The zero-order valence-corrected chi connectivity index (χ0v) is 33.9. The first-order chi connectivity index (χ1) is 28.9. The largest absolute Gasteiger partial charge is 0.573 e. The molecule has 0 amide bonds. The van der Waals surface area contributed by atoms with E-state index in [-0.39, 0.29) is 29.4 Å². The smallest absolute Gasteiger partial charge is 0.489 e. The Hall–Kier alpha value is -6.25. The van der Waals surface area contributed by atoms with E-state index in [9.17, 15) is 35.9 Å². The molecule has 18 heteroatoms. The number of carboxylic acids is 1. The Morgan fingerprint density at radius 2 is 1.08 bits per heavy atom. The van der Waals surface area contributed by atoms with Crippen molar-refractivity contribution in [1.29, 1.82) is 0 Å². The normalized spacial score (nSPS) is 10.8. The molecule has 0 spiro atoms. The molecule has 0 bridgehead atoms. The molecule has 0 aliphatic heterocycles. The molecular weight excluding hydrogens is 928 g/mol. The summed E-state index contributed by atoms with van der Waals surface area (Å²) < 4.78 is 97.9. The summed E-state index contributed by atoms with van der Waals surface area (Å²) in [7, 11) is -0.620. The number of alkyl halides is 6. The molecule has 0 aliphatic rings. The van der Waals surface area contributed by atoms with Gasteiger partial charge in [-0.05, 0) is 112 Å². The number of carbonyl (C=O) groups is 2. The van der Waals surface area contributed by atoms with Gasteiger partial charge < -0.3 is 38.8 Å². The Morgan fingerprint density at radius 3 is 1.61 bits per heavy atom. The molecular formula is C43H34BF6IO10. The number of ether oxygens (including phenoxy) is 5. The van der Waals surface area contributed by atoms with Crippen molar-refractivity contribution < 1.29 is 74.8 Å². The third-order valence-electron chi connectivity index (χ3n) is 7.85. The quantitative estimate of drug-likeness (QED) is 0.0470. The van der Waals surface area contributed by atoms with Gasteiger partial charge >= 0.3 is 31.8 Å². The summed E-state index contributed by atoms with van der Waals surface area (Å²) in [5, 5.41) is 26.4. The van der Waals surface area contributed by atoms with Crippen molar-refractivity contribution in [3.63, 3.8) is 0 Å². The van der Waals surface area contributed by atoms with Crippen molar-refractivity contribution in [3.05, 3.63) is 171 Å². The fourth-order valence-electron chi connectivity index (χ4n) is 5.13. The monoisotopic (exact) mass is 962 g/mol. The number of halogens is 7. The first kappa shape index (κ1) is 47.4. The Labute approximate surface area is 359 Å². The fraction of sp³-hybridized carbons (Fsp3) is 0.116. The SMILES string of the molecule is COC(=O)c1cccc(COc2ccc(I)cc2)c1.O=C(O)c1cccc(COc2ccc(-c3ccccc3OC(F)(F)F)cc2)c1.OB(O)c1ccccc1OC(F)(F)F. The minimum atomic E-state index is -4.84. The van der Waals surface area contributed by atoms with Crippen LogP contribution in [0.1, 0.15) is 31.8 Å². The second kappa shape index (κ2) is 22.4. The average molecular weight is 962 g/mol. The van der Waals surface area contributed by atoms with E-state index in [1.165, 1.54) is 49.6 Å². The zero-order valence-electron chi connectivity index (χ0n) is 31.7. The number of hydrogen-bond donors (Lipinski definition) is 3. The van der Waals surface area contributed by atoms with Gasteiger partial charge in [-0.15, -0.1) is 26.3 Å². The van der Waals surface area contributed by atoms with Crippen LogP contribution in [0.25, 0.3) is 11.1 Å². The van der Waals surface area contributed by atoms with Crippen LogP contribution >= 0.6 is 22.6 Å². The lowest BCUT2D eigenvalue weighted by Gasteiger charge is -2.13. The molecule has 0 atom stereocenters. The number of rotatable bonds is 12. The van der Waals surface area contributed by atoms with E-state index in [2.05, 4.69) is 36.8 Å². The Kier molecular flexibility index (Phi) is 17.4. The highest BCUT2D eigenvalue weighted by Gasteiger charge is 2.33. The number of methoxy groups -OCH3 is 1. The second-order valence-electron chi connectivity index (χ2n) is 12.3. The number of aromatic carboxylic acids is 1. The van der Waals surface area contributed by atoms with Crippen LogP contribution in [0.5, 0.6) is 23.0 Å². The number of esters is 1. The summed E-state index contributed by atoms with van der Waals surface area (Å²) in [4.78, 5) is 22.4. The van der Waals surface area contributed by atoms with Crippen molar-refractivity contribution in [1.82, 2.24) is 0 Å². The highest BCUT2D eigenvalue weighted by molar-refractivity contribution is 14.1. The van der Waals surface area contributed by atoms with Gasteiger partial charge in [0.25, 0.3) is 0 Å². The van der Waals surface area contributed by atoms with E-state index in [1.54, 1.807) is 54.6 Å². The molecule has 6 aromatic carbocycles. The predicted molar refractivity (Wildman–Crippen MR) is 221 cm³/mol. The Morgan fingerprint density at radius 1 is 0.607 bits per heavy atom. The minimum Gasteiger partial charge on any atom is -0.489 e. The molecule has 6 rings (SSSR count). The summed E-state index contributed by atoms with van der Waals surface area (Å²) in [6, 6.07) is 38.6. The molecule has 0 saturated heterocycles. The molecule has 10 nitrogen and oxygen atoms in total. The number of carboxylic acid groups (broad SMARTS) is 1. The molecule has 6 aromatic rings. The van der Waals surface area contributed by atoms with Gasteiger partial charge in [0.05, 0.1) is 18.2 Å². The number of hydrogen-bond acceptors (Lipinski definition) is 9. The van der Waals surface area contributed by atoms with Gasteiger partial charge in [-0.2, -0.15) is 0 Å². The van der Waals surface area contributed by atoms with Crippen LogP contribution in [0.2, 0.25) is 0 Å². The molecule has 61 heavy (non-hydrogen) atoms. The van der Waals surface area contributed by atoms with E-state index in [4.69, 9.17) is 24.6 Å². The molecule has 0 aliphatic carbocycles. The molecule has 318 valence electrons. The summed E-state index contributed by atoms with van der Waals surface area (Å²) in [6.07, 6.45) is -9.62. The van der Waals surface area contributed by atoms with Crippen LogP contribution in [0.3, 0.4) is 0 Å².